The molecule has 0 aliphatic heterocycles. The maximum atomic E-state index is 4.19. The molecule has 2 heterocycles. The van der Waals surface area contributed by atoms with E-state index in [2.05, 4.69) is 37.4 Å². The molecule has 3 rings (SSSR count). The lowest BCUT2D eigenvalue weighted by atomic mass is 10.3. The van der Waals surface area contributed by atoms with Crippen LogP contribution in [0.1, 0.15) is 5.56 Å². The van der Waals surface area contributed by atoms with Gasteiger partial charge in [0, 0.05) is 0 Å². The molecule has 5 nitrogen and oxygen atoms in total. The highest BCUT2D eigenvalue weighted by Gasteiger charge is 2.03. The molecule has 0 aliphatic carbocycles. The van der Waals surface area contributed by atoms with E-state index in [1.807, 2.05) is 12.1 Å². The van der Waals surface area contributed by atoms with Crippen molar-refractivity contribution in [1.29, 1.82) is 0 Å². The molecule has 2 aromatic heterocycles. The van der Waals surface area contributed by atoms with Crippen LogP contribution in [0.5, 0.6) is 0 Å². The summed E-state index contributed by atoms with van der Waals surface area (Å²) in [4.78, 5) is 15.3. The summed E-state index contributed by atoms with van der Waals surface area (Å²) in [5, 5.41) is 3.25. The first-order valence-corrected chi connectivity index (χ1v) is 5.02. The lowest BCUT2D eigenvalue weighted by molar-refractivity contribution is 1.10. The number of imidazole rings is 1. The number of aromatic nitrogens is 4. The number of rotatable bonds is 3. The van der Waals surface area contributed by atoms with Crippen LogP contribution in [0.25, 0.3) is 11.2 Å². The summed E-state index contributed by atoms with van der Waals surface area (Å²) < 4.78 is 0. The predicted molar refractivity (Wildman–Crippen MR) is 61.0 cm³/mol. The molecule has 0 aliphatic rings. The smallest absolute Gasteiger partial charge is 0.182 e. The summed E-state index contributed by atoms with van der Waals surface area (Å²) >= 11 is 0. The molecule has 0 radical (unpaired) electrons. The second-order valence-electron chi connectivity index (χ2n) is 3.47. The highest BCUT2D eigenvalue weighted by Crippen LogP contribution is 2.15. The standard InChI is InChI=1S/C11H10N5/c1-2-4-8(3-1)5-12-10-9-11(14-6-13-9)16-7-15-10/h1-4,6-7H,5H2,(H2,12,13,14,15,16)/q-1. The quantitative estimate of drug-likeness (QED) is 0.648. The molecule has 0 saturated carbocycles. The van der Waals surface area contributed by atoms with Crippen molar-refractivity contribution < 1.29 is 0 Å². The molecule has 0 saturated heterocycles. The van der Waals surface area contributed by atoms with Crippen molar-refractivity contribution in [3.63, 3.8) is 0 Å². The van der Waals surface area contributed by atoms with Crippen molar-refractivity contribution >= 4 is 17.0 Å². The van der Waals surface area contributed by atoms with E-state index in [9.17, 15) is 0 Å². The molecule has 16 heavy (non-hydrogen) atoms. The third-order valence-corrected chi connectivity index (χ3v) is 2.41. The number of anilines is 1. The third kappa shape index (κ3) is 1.52. The first-order valence-electron chi connectivity index (χ1n) is 5.02. The van der Waals surface area contributed by atoms with E-state index in [4.69, 9.17) is 0 Å². The van der Waals surface area contributed by atoms with Gasteiger partial charge in [-0.1, -0.05) is 0 Å². The number of nitrogens with zero attached hydrogens (tertiary/aromatic N) is 3. The summed E-state index contributed by atoms with van der Waals surface area (Å²) in [7, 11) is 0. The Bertz CT molecular complexity index is 581. The van der Waals surface area contributed by atoms with Gasteiger partial charge in [0.15, 0.2) is 11.5 Å². The van der Waals surface area contributed by atoms with Crippen LogP contribution in [0.15, 0.2) is 36.9 Å². The Morgan fingerprint density at radius 1 is 1.19 bits per heavy atom. The summed E-state index contributed by atoms with van der Waals surface area (Å²) in [6.45, 7) is 0.748. The van der Waals surface area contributed by atoms with Gasteiger partial charge < -0.3 is 10.3 Å². The Morgan fingerprint density at radius 2 is 2.06 bits per heavy atom. The first kappa shape index (κ1) is 8.96. The van der Waals surface area contributed by atoms with Gasteiger partial charge in [-0.05, 0) is 6.54 Å². The molecular formula is C11H10N5-. The van der Waals surface area contributed by atoms with E-state index >= 15 is 0 Å². The first-order chi connectivity index (χ1) is 7.93. The Balaban J connectivity index is 1.86. The number of hydrogen-bond donors (Lipinski definition) is 2. The average molecular weight is 212 g/mol. The molecule has 0 spiro atoms. The second-order valence-corrected chi connectivity index (χ2v) is 3.47. The number of hydrogen-bond acceptors (Lipinski definition) is 4. The molecule has 0 fully saturated rings. The maximum Gasteiger partial charge on any atom is 0.182 e. The molecule has 5 heteroatoms. The number of aromatic amines is 1. The van der Waals surface area contributed by atoms with Crippen LogP contribution < -0.4 is 5.32 Å². The van der Waals surface area contributed by atoms with E-state index in [1.54, 1.807) is 6.33 Å². The van der Waals surface area contributed by atoms with Crippen LogP contribution in [-0.4, -0.2) is 19.9 Å². The Kier molecular flexibility index (Phi) is 2.07. The van der Waals surface area contributed by atoms with Gasteiger partial charge in [0.25, 0.3) is 0 Å². The summed E-state index contributed by atoms with van der Waals surface area (Å²) in [5.41, 5.74) is 2.75. The van der Waals surface area contributed by atoms with Crippen LogP contribution in [0, 0.1) is 0 Å². The molecule has 0 atom stereocenters. The van der Waals surface area contributed by atoms with Gasteiger partial charge in [-0.3, -0.25) is 0 Å². The zero-order valence-electron chi connectivity index (χ0n) is 8.51. The molecule has 0 bridgehead atoms. The van der Waals surface area contributed by atoms with Gasteiger partial charge in [-0.2, -0.15) is 12.1 Å². The SMILES string of the molecule is c1cc[c-](CNc2ncnc3nc[nH]c23)c1. The van der Waals surface area contributed by atoms with Crippen molar-refractivity contribution in [1.82, 2.24) is 19.9 Å². The van der Waals surface area contributed by atoms with Crippen molar-refractivity contribution in [2.45, 2.75) is 6.54 Å². The molecule has 3 aromatic rings. The molecule has 0 unspecified atom stereocenters. The minimum absolute atomic E-state index is 0.681. The maximum absolute atomic E-state index is 4.19. The monoisotopic (exact) mass is 212 g/mol. The summed E-state index contributed by atoms with van der Waals surface area (Å²) in [5.74, 6) is 0.781. The van der Waals surface area contributed by atoms with E-state index in [0.717, 1.165) is 17.9 Å². The fourth-order valence-electron chi connectivity index (χ4n) is 1.62. The third-order valence-electron chi connectivity index (χ3n) is 2.41. The summed E-state index contributed by atoms with van der Waals surface area (Å²) in [6, 6.07) is 8.17. The fourth-order valence-corrected chi connectivity index (χ4v) is 1.62. The number of H-pyrrole nitrogens is 1. The van der Waals surface area contributed by atoms with Crippen LogP contribution in [0.3, 0.4) is 0 Å². The summed E-state index contributed by atoms with van der Waals surface area (Å²) in [6.07, 6.45) is 3.13. The van der Waals surface area contributed by atoms with Crippen molar-refractivity contribution in [3.05, 3.63) is 42.5 Å². The molecular weight excluding hydrogens is 202 g/mol. The molecule has 2 N–H and O–H groups in total. The van der Waals surface area contributed by atoms with E-state index in [1.165, 1.54) is 11.9 Å². The topological polar surface area (TPSA) is 66.5 Å². The van der Waals surface area contributed by atoms with Crippen molar-refractivity contribution in [3.8, 4) is 0 Å². The normalized spacial score (nSPS) is 10.8. The molecule has 0 amide bonds. The average Bonchev–Trinajstić information content (AvgIpc) is 2.97. The highest BCUT2D eigenvalue weighted by molar-refractivity contribution is 5.81. The van der Waals surface area contributed by atoms with Gasteiger partial charge >= 0.3 is 0 Å². The fraction of sp³-hybridized carbons (Fsp3) is 0.0909. The molecule has 80 valence electrons. The number of nitrogens with one attached hydrogen (secondary N) is 2. The van der Waals surface area contributed by atoms with E-state index < -0.39 is 0 Å². The Morgan fingerprint density at radius 3 is 2.94 bits per heavy atom. The van der Waals surface area contributed by atoms with Crippen LogP contribution in [0.2, 0.25) is 0 Å². The van der Waals surface area contributed by atoms with Gasteiger partial charge in [-0.15, -0.1) is 5.56 Å². The second kappa shape index (κ2) is 3.69. The zero-order chi connectivity index (χ0) is 10.8. The van der Waals surface area contributed by atoms with Gasteiger partial charge in [0.2, 0.25) is 0 Å². The van der Waals surface area contributed by atoms with Crippen molar-refractivity contribution in [2.24, 2.45) is 0 Å². The largest absolute Gasteiger partial charge is 0.375 e. The van der Waals surface area contributed by atoms with Crippen LogP contribution in [0.4, 0.5) is 5.82 Å². The Hall–Kier alpha value is -2.30. The predicted octanol–water partition coefficient (Wildman–Crippen LogP) is 1.68. The Labute approximate surface area is 91.9 Å². The van der Waals surface area contributed by atoms with E-state index in [-0.39, 0.29) is 0 Å². The van der Waals surface area contributed by atoms with Crippen LogP contribution >= 0.6 is 0 Å². The highest BCUT2D eigenvalue weighted by atomic mass is 15.1. The van der Waals surface area contributed by atoms with Crippen molar-refractivity contribution in [2.75, 3.05) is 5.32 Å². The molecule has 1 aromatic carbocycles. The van der Waals surface area contributed by atoms with Crippen LogP contribution in [-0.2, 0) is 6.54 Å². The number of fused-ring (bicyclic) bond motifs is 1. The zero-order valence-corrected chi connectivity index (χ0v) is 8.51. The van der Waals surface area contributed by atoms with Gasteiger partial charge in [-0.25, -0.2) is 27.1 Å². The lowest BCUT2D eigenvalue weighted by Gasteiger charge is -2.07. The minimum Gasteiger partial charge on any atom is -0.375 e. The lowest BCUT2D eigenvalue weighted by Crippen LogP contribution is -2.01. The van der Waals surface area contributed by atoms with Gasteiger partial charge in [0.1, 0.15) is 11.8 Å². The minimum atomic E-state index is 0.681. The van der Waals surface area contributed by atoms with Gasteiger partial charge in [0.05, 0.1) is 6.33 Å². The van der Waals surface area contributed by atoms with E-state index in [0.29, 0.717) is 5.65 Å².